The van der Waals surface area contributed by atoms with Gasteiger partial charge in [-0.05, 0) is 49.4 Å². The molecular weight excluding hydrogens is 278 g/mol. The first-order valence-corrected chi connectivity index (χ1v) is 8.51. The molecule has 2 heterocycles. The summed E-state index contributed by atoms with van der Waals surface area (Å²) in [5, 5.41) is 5.46. The largest absolute Gasteiger partial charge is 0.317 e. The SMILES string of the molecule is O=C(CCc1cccs1)C1(c2ccccc2)CCNCC1. The highest BCUT2D eigenvalue weighted by Crippen LogP contribution is 2.36. The average molecular weight is 299 g/mol. The van der Waals surface area contributed by atoms with Crippen LogP contribution in [-0.4, -0.2) is 18.9 Å². The molecule has 2 nitrogen and oxygen atoms in total. The number of nitrogens with one attached hydrogen (secondary N) is 1. The molecule has 3 heteroatoms. The van der Waals surface area contributed by atoms with Crippen LogP contribution in [0.15, 0.2) is 47.8 Å². The molecule has 21 heavy (non-hydrogen) atoms. The third-order valence-electron chi connectivity index (χ3n) is 4.50. The van der Waals surface area contributed by atoms with Gasteiger partial charge in [-0.1, -0.05) is 36.4 Å². The second-order valence-electron chi connectivity index (χ2n) is 5.70. The van der Waals surface area contributed by atoms with Gasteiger partial charge in [0.05, 0.1) is 5.41 Å². The summed E-state index contributed by atoms with van der Waals surface area (Å²) in [5.74, 6) is 0.406. The summed E-state index contributed by atoms with van der Waals surface area (Å²) in [6.07, 6.45) is 3.36. The Morgan fingerprint density at radius 3 is 2.52 bits per heavy atom. The average Bonchev–Trinajstić information content (AvgIpc) is 3.07. The van der Waals surface area contributed by atoms with Crippen molar-refractivity contribution in [2.75, 3.05) is 13.1 Å². The Morgan fingerprint density at radius 1 is 1.10 bits per heavy atom. The molecule has 0 spiro atoms. The van der Waals surface area contributed by atoms with Crippen molar-refractivity contribution in [2.45, 2.75) is 31.1 Å². The normalized spacial score (nSPS) is 17.5. The first-order valence-electron chi connectivity index (χ1n) is 7.63. The quantitative estimate of drug-likeness (QED) is 0.914. The van der Waals surface area contributed by atoms with Gasteiger partial charge in [-0.3, -0.25) is 4.79 Å². The first-order chi connectivity index (χ1) is 10.3. The van der Waals surface area contributed by atoms with Crippen LogP contribution in [0.4, 0.5) is 0 Å². The van der Waals surface area contributed by atoms with Gasteiger partial charge in [0, 0.05) is 11.3 Å². The fraction of sp³-hybridized carbons (Fsp3) is 0.389. The molecule has 0 atom stereocenters. The van der Waals surface area contributed by atoms with Crippen LogP contribution in [0.25, 0.3) is 0 Å². The number of thiophene rings is 1. The number of rotatable bonds is 5. The minimum atomic E-state index is -0.274. The molecule has 0 saturated carbocycles. The van der Waals surface area contributed by atoms with E-state index in [1.807, 2.05) is 18.2 Å². The molecule has 3 rings (SSSR count). The molecule has 0 unspecified atom stereocenters. The van der Waals surface area contributed by atoms with E-state index < -0.39 is 0 Å². The molecule has 1 fully saturated rings. The fourth-order valence-corrected chi connectivity index (χ4v) is 3.98. The summed E-state index contributed by atoms with van der Waals surface area (Å²) in [6, 6.07) is 14.5. The van der Waals surface area contributed by atoms with E-state index in [1.165, 1.54) is 10.4 Å². The van der Waals surface area contributed by atoms with E-state index in [1.54, 1.807) is 11.3 Å². The molecule has 1 aliphatic heterocycles. The van der Waals surface area contributed by atoms with Crippen LogP contribution < -0.4 is 5.32 Å². The van der Waals surface area contributed by atoms with E-state index in [0.29, 0.717) is 12.2 Å². The van der Waals surface area contributed by atoms with Gasteiger partial charge in [0.25, 0.3) is 0 Å². The molecule has 1 aromatic heterocycles. The smallest absolute Gasteiger partial charge is 0.143 e. The number of carbonyl (C=O) groups excluding carboxylic acids is 1. The lowest BCUT2D eigenvalue weighted by atomic mass is 9.69. The maximum atomic E-state index is 13.0. The zero-order chi connectivity index (χ0) is 14.5. The van der Waals surface area contributed by atoms with Crippen molar-refractivity contribution in [3.05, 3.63) is 58.3 Å². The zero-order valence-electron chi connectivity index (χ0n) is 12.2. The van der Waals surface area contributed by atoms with E-state index >= 15 is 0 Å². The Balaban J connectivity index is 1.80. The van der Waals surface area contributed by atoms with Crippen LogP contribution in [0.2, 0.25) is 0 Å². The van der Waals surface area contributed by atoms with Crippen molar-refractivity contribution in [1.82, 2.24) is 5.32 Å². The van der Waals surface area contributed by atoms with Crippen LogP contribution >= 0.6 is 11.3 Å². The number of hydrogen-bond acceptors (Lipinski definition) is 3. The van der Waals surface area contributed by atoms with Gasteiger partial charge in [0.2, 0.25) is 0 Å². The van der Waals surface area contributed by atoms with Crippen molar-refractivity contribution >= 4 is 17.1 Å². The molecule has 110 valence electrons. The second-order valence-corrected chi connectivity index (χ2v) is 6.73. The molecule has 1 aromatic carbocycles. The van der Waals surface area contributed by atoms with Crippen molar-refractivity contribution < 1.29 is 4.79 Å². The Bertz CT molecular complexity index is 571. The van der Waals surface area contributed by atoms with Crippen LogP contribution in [-0.2, 0) is 16.6 Å². The lowest BCUT2D eigenvalue weighted by Crippen LogP contribution is -2.45. The van der Waals surface area contributed by atoms with E-state index in [0.717, 1.165) is 32.4 Å². The van der Waals surface area contributed by atoms with Crippen molar-refractivity contribution in [1.29, 1.82) is 0 Å². The number of benzene rings is 1. The Labute approximate surface area is 130 Å². The summed E-state index contributed by atoms with van der Waals surface area (Å²) in [4.78, 5) is 14.3. The maximum Gasteiger partial charge on any atom is 0.143 e. The molecule has 0 bridgehead atoms. The van der Waals surface area contributed by atoms with E-state index in [2.05, 4.69) is 35.0 Å². The van der Waals surface area contributed by atoms with Crippen molar-refractivity contribution in [2.24, 2.45) is 0 Å². The highest BCUT2D eigenvalue weighted by atomic mass is 32.1. The highest BCUT2D eigenvalue weighted by molar-refractivity contribution is 7.09. The Morgan fingerprint density at radius 2 is 1.86 bits per heavy atom. The fourth-order valence-electron chi connectivity index (χ4n) is 3.27. The van der Waals surface area contributed by atoms with Gasteiger partial charge in [-0.2, -0.15) is 0 Å². The third-order valence-corrected chi connectivity index (χ3v) is 5.43. The number of hydrogen-bond donors (Lipinski definition) is 1. The van der Waals surface area contributed by atoms with Gasteiger partial charge in [0.15, 0.2) is 0 Å². The zero-order valence-corrected chi connectivity index (χ0v) is 13.0. The van der Waals surface area contributed by atoms with Crippen LogP contribution in [0.1, 0.15) is 29.7 Å². The number of Topliss-reactive ketones (excluding diaryl/α,β-unsaturated/α-hetero) is 1. The van der Waals surface area contributed by atoms with Gasteiger partial charge in [-0.25, -0.2) is 0 Å². The Kier molecular flexibility index (Phi) is 4.51. The summed E-state index contributed by atoms with van der Waals surface area (Å²) < 4.78 is 0. The van der Waals surface area contributed by atoms with Crippen LogP contribution in [0.5, 0.6) is 0 Å². The number of aryl methyl sites for hydroxylation is 1. The summed E-state index contributed by atoms with van der Waals surface area (Å²) in [6.45, 7) is 1.86. The number of ketones is 1. The molecule has 1 aliphatic rings. The maximum absolute atomic E-state index is 13.0. The van der Waals surface area contributed by atoms with Crippen LogP contribution in [0.3, 0.4) is 0 Å². The molecule has 0 radical (unpaired) electrons. The summed E-state index contributed by atoms with van der Waals surface area (Å²) in [5.41, 5.74) is 0.923. The van der Waals surface area contributed by atoms with Gasteiger partial charge >= 0.3 is 0 Å². The standard InChI is InChI=1S/C18H21NOS/c20-17(9-8-16-7-4-14-21-16)18(10-12-19-13-11-18)15-5-2-1-3-6-15/h1-7,14,19H,8-13H2. The minimum absolute atomic E-state index is 0.274. The summed E-state index contributed by atoms with van der Waals surface area (Å²) in [7, 11) is 0. The molecule has 0 aliphatic carbocycles. The molecule has 2 aromatic rings. The highest BCUT2D eigenvalue weighted by Gasteiger charge is 2.40. The predicted octanol–water partition coefficient (Wildman–Crippen LogP) is 3.57. The topological polar surface area (TPSA) is 29.1 Å². The van der Waals surface area contributed by atoms with E-state index in [-0.39, 0.29) is 5.41 Å². The van der Waals surface area contributed by atoms with Crippen LogP contribution in [0, 0.1) is 0 Å². The third kappa shape index (κ3) is 3.09. The lowest BCUT2D eigenvalue weighted by Gasteiger charge is -2.37. The monoisotopic (exact) mass is 299 g/mol. The van der Waals surface area contributed by atoms with Gasteiger partial charge in [-0.15, -0.1) is 11.3 Å². The van der Waals surface area contributed by atoms with Gasteiger partial charge < -0.3 is 5.32 Å². The molecule has 0 amide bonds. The number of carbonyl (C=O) groups is 1. The lowest BCUT2D eigenvalue weighted by molar-refractivity contribution is -0.125. The minimum Gasteiger partial charge on any atom is -0.317 e. The Hall–Kier alpha value is -1.45. The van der Waals surface area contributed by atoms with E-state index in [9.17, 15) is 4.79 Å². The molecular formula is C18H21NOS. The first kappa shape index (κ1) is 14.5. The van der Waals surface area contributed by atoms with E-state index in [4.69, 9.17) is 0 Å². The second kappa shape index (κ2) is 6.54. The van der Waals surface area contributed by atoms with Crippen molar-refractivity contribution in [3.8, 4) is 0 Å². The predicted molar refractivity (Wildman–Crippen MR) is 87.9 cm³/mol. The van der Waals surface area contributed by atoms with Gasteiger partial charge in [0.1, 0.15) is 5.78 Å². The molecule has 1 saturated heterocycles. The summed E-state index contributed by atoms with van der Waals surface area (Å²) >= 11 is 1.74. The van der Waals surface area contributed by atoms with Crippen molar-refractivity contribution in [3.63, 3.8) is 0 Å². The molecule has 1 N–H and O–H groups in total. The number of piperidine rings is 1.